The van der Waals surface area contributed by atoms with E-state index in [9.17, 15) is 4.39 Å². The molecule has 1 N–H and O–H groups in total. The molecule has 1 heterocycles. The van der Waals surface area contributed by atoms with Crippen molar-refractivity contribution < 1.29 is 4.39 Å². The molecule has 1 fully saturated rings. The number of thioether (sulfide) groups is 2. The second-order valence-electron chi connectivity index (χ2n) is 6.03. The van der Waals surface area contributed by atoms with Crippen LogP contribution in [-0.2, 0) is 0 Å². The van der Waals surface area contributed by atoms with Crippen molar-refractivity contribution in [2.45, 2.75) is 24.7 Å². The van der Waals surface area contributed by atoms with Crippen LogP contribution >= 0.6 is 35.7 Å². The first kappa shape index (κ1) is 20.2. The zero-order chi connectivity index (χ0) is 19.1. The van der Waals surface area contributed by atoms with E-state index in [1.165, 1.54) is 29.9 Å². The molecule has 3 rings (SSSR count). The molecule has 1 aliphatic heterocycles. The molecule has 0 spiro atoms. The smallest absolute Gasteiger partial charge is 0.179 e. The number of nitrogens with zero attached hydrogens (tertiary/aromatic N) is 2. The van der Waals surface area contributed by atoms with Crippen LogP contribution in [0, 0.1) is 5.82 Å². The maximum Gasteiger partial charge on any atom is 0.179 e. The molecule has 3 nitrogen and oxygen atoms in total. The largest absolute Gasteiger partial charge is 0.332 e. The molecular formula is C20H22FN3S3. The van der Waals surface area contributed by atoms with E-state index < -0.39 is 0 Å². The second-order valence-corrected chi connectivity index (χ2v) is 8.65. The Bertz CT molecular complexity index is 808. The van der Waals surface area contributed by atoms with Crippen LogP contribution in [-0.4, -0.2) is 33.2 Å². The van der Waals surface area contributed by atoms with Crippen LogP contribution < -0.4 is 5.32 Å². The Morgan fingerprint density at radius 1 is 1.30 bits per heavy atom. The van der Waals surface area contributed by atoms with E-state index in [4.69, 9.17) is 17.2 Å². The van der Waals surface area contributed by atoms with Crippen LogP contribution in [0.15, 0.2) is 58.4 Å². The van der Waals surface area contributed by atoms with E-state index in [2.05, 4.69) is 24.4 Å². The van der Waals surface area contributed by atoms with Crippen LogP contribution in [0.5, 0.6) is 0 Å². The quantitative estimate of drug-likeness (QED) is 0.344. The molecule has 1 aliphatic rings. The number of anilines is 1. The van der Waals surface area contributed by atoms with E-state index in [0.717, 1.165) is 28.9 Å². The summed E-state index contributed by atoms with van der Waals surface area (Å²) in [5.74, 6) is 1.78. The molecule has 0 unspecified atom stereocenters. The van der Waals surface area contributed by atoms with Crippen molar-refractivity contribution in [2.75, 3.05) is 23.4 Å². The molecular weight excluding hydrogens is 397 g/mol. The summed E-state index contributed by atoms with van der Waals surface area (Å²) < 4.78 is 13.4. The predicted molar refractivity (Wildman–Crippen MR) is 121 cm³/mol. The number of hydrogen-bond donors (Lipinski definition) is 1. The van der Waals surface area contributed by atoms with Crippen molar-refractivity contribution in [3.63, 3.8) is 0 Å². The molecule has 7 heteroatoms. The number of halogens is 1. The predicted octanol–water partition coefficient (Wildman–Crippen LogP) is 6.15. The number of hydrogen-bond acceptors (Lipinski definition) is 4. The number of aliphatic imine (C=N–C) groups is 1. The maximum absolute atomic E-state index is 13.4. The average molecular weight is 420 g/mol. The van der Waals surface area contributed by atoms with Crippen molar-refractivity contribution in [3.05, 3.63) is 54.3 Å². The minimum absolute atomic E-state index is 0.288. The first-order valence-corrected chi connectivity index (χ1v) is 11.3. The van der Waals surface area contributed by atoms with Crippen LogP contribution in [0.3, 0.4) is 0 Å². The SMILES string of the molecule is CCCCSc1ccc(/N=C2\SCCN2C(=S)Nc2cccc(F)c2)cc1. The summed E-state index contributed by atoms with van der Waals surface area (Å²) >= 11 is 9.06. The molecule has 0 amide bonds. The van der Waals surface area contributed by atoms with Gasteiger partial charge in [-0.15, -0.1) is 11.8 Å². The minimum Gasteiger partial charge on any atom is -0.332 e. The highest BCUT2D eigenvalue weighted by Gasteiger charge is 2.23. The molecule has 142 valence electrons. The van der Waals surface area contributed by atoms with Crippen molar-refractivity contribution in [1.29, 1.82) is 0 Å². The van der Waals surface area contributed by atoms with Gasteiger partial charge in [0.15, 0.2) is 10.3 Å². The maximum atomic E-state index is 13.4. The molecule has 0 atom stereocenters. The number of rotatable bonds is 6. The van der Waals surface area contributed by atoms with Crippen molar-refractivity contribution in [1.82, 2.24) is 4.90 Å². The fourth-order valence-electron chi connectivity index (χ4n) is 2.50. The third kappa shape index (κ3) is 5.96. The van der Waals surface area contributed by atoms with E-state index in [1.807, 2.05) is 28.8 Å². The third-order valence-electron chi connectivity index (χ3n) is 3.93. The van der Waals surface area contributed by atoms with Gasteiger partial charge in [-0.1, -0.05) is 31.2 Å². The fraction of sp³-hybridized carbons (Fsp3) is 0.300. The van der Waals surface area contributed by atoms with E-state index in [1.54, 1.807) is 23.9 Å². The Labute approximate surface area is 173 Å². The Balaban J connectivity index is 1.65. The molecule has 0 bridgehead atoms. The normalized spacial score (nSPS) is 15.3. The lowest BCUT2D eigenvalue weighted by Gasteiger charge is -2.20. The van der Waals surface area contributed by atoms with Gasteiger partial charge in [-0.3, -0.25) is 4.90 Å². The summed E-state index contributed by atoms with van der Waals surface area (Å²) in [6.45, 7) is 2.99. The second kappa shape index (κ2) is 10.1. The minimum atomic E-state index is -0.288. The zero-order valence-electron chi connectivity index (χ0n) is 15.2. The summed E-state index contributed by atoms with van der Waals surface area (Å²) in [5, 5.41) is 4.51. The van der Waals surface area contributed by atoms with Gasteiger partial charge in [-0.2, -0.15) is 0 Å². The molecule has 0 aromatic heterocycles. The standard InChI is InChI=1S/C20H22FN3S3/c1-2-3-12-26-18-9-7-16(8-10-18)23-20-24(11-13-27-20)19(25)22-17-6-4-5-15(21)14-17/h4-10,14H,2-3,11-13H2,1H3,(H,22,25)/b23-20-. The van der Waals surface area contributed by atoms with E-state index >= 15 is 0 Å². The zero-order valence-corrected chi connectivity index (χ0v) is 17.6. The van der Waals surface area contributed by atoms with Crippen molar-refractivity contribution >= 4 is 57.4 Å². The van der Waals surface area contributed by atoms with Crippen LogP contribution in [0.4, 0.5) is 15.8 Å². The average Bonchev–Trinajstić information content (AvgIpc) is 3.12. The van der Waals surface area contributed by atoms with Gasteiger partial charge in [0.2, 0.25) is 0 Å². The molecule has 1 saturated heterocycles. The van der Waals surface area contributed by atoms with Gasteiger partial charge in [-0.25, -0.2) is 9.38 Å². The highest BCUT2D eigenvalue weighted by atomic mass is 32.2. The molecule has 2 aromatic rings. The van der Waals surface area contributed by atoms with Crippen LogP contribution in [0.25, 0.3) is 0 Å². The lowest BCUT2D eigenvalue weighted by atomic mass is 10.3. The number of unbranched alkanes of at least 4 members (excludes halogenated alkanes) is 1. The fourth-order valence-corrected chi connectivity index (χ4v) is 4.82. The summed E-state index contributed by atoms with van der Waals surface area (Å²) in [7, 11) is 0. The summed E-state index contributed by atoms with van der Waals surface area (Å²) in [6.07, 6.45) is 2.45. The Hall–Kier alpha value is -1.57. The first-order valence-electron chi connectivity index (χ1n) is 8.94. The number of nitrogens with one attached hydrogen (secondary N) is 1. The van der Waals surface area contributed by atoms with Gasteiger partial charge >= 0.3 is 0 Å². The Morgan fingerprint density at radius 3 is 2.85 bits per heavy atom. The number of benzene rings is 2. The molecule has 27 heavy (non-hydrogen) atoms. The molecule has 2 aromatic carbocycles. The summed E-state index contributed by atoms with van der Waals surface area (Å²) in [6, 6.07) is 14.6. The summed E-state index contributed by atoms with van der Waals surface area (Å²) in [4.78, 5) is 7.99. The third-order valence-corrected chi connectivity index (χ3v) is 6.30. The van der Waals surface area contributed by atoms with Gasteiger partial charge in [0, 0.05) is 22.9 Å². The van der Waals surface area contributed by atoms with Gasteiger partial charge in [0.25, 0.3) is 0 Å². The van der Waals surface area contributed by atoms with Crippen molar-refractivity contribution in [2.24, 2.45) is 4.99 Å². The monoisotopic (exact) mass is 419 g/mol. The Kier molecular flexibility index (Phi) is 7.55. The lowest BCUT2D eigenvalue weighted by Crippen LogP contribution is -2.35. The van der Waals surface area contributed by atoms with Crippen LogP contribution in [0.1, 0.15) is 19.8 Å². The topological polar surface area (TPSA) is 27.6 Å². The molecule has 0 saturated carbocycles. The number of thiocarbonyl (C=S) groups is 1. The molecule has 0 radical (unpaired) electrons. The van der Waals surface area contributed by atoms with Crippen molar-refractivity contribution in [3.8, 4) is 0 Å². The highest BCUT2D eigenvalue weighted by molar-refractivity contribution is 8.14. The van der Waals surface area contributed by atoms with Gasteiger partial charge < -0.3 is 5.32 Å². The Morgan fingerprint density at radius 2 is 2.11 bits per heavy atom. The van der Waals surface area contributed by atoms with Crippen LogP contribution in [0.2, 0.25) is 0 Å². The van der Waals surface area contributed by atoms with E-state index in [0.29, 0.717) is 10.8 Å². The number of amidine groups is 1. The van der Waals surface area contributed by atoms with Gasteiger partial charge in [-0.05, 0) is 66.9 Å². The molecule has 0 aliphatic carbocycles. The van der Waals surface area contributed by atoms with Gasteiger partial charge in [0.05, 0.1) is 5.69 Å². The van der Waals surface area contributed by atoms with Gasteiger partial charge in [0.1, 0.15) is 5.82 Å². The lowest BCUT2D eigenvalue weighted by molar-refractivity contribution is 0.628. The highest BCUT2D eigenvalue weighted by Crippen LogP contribution is 2.26. The summed E-state index contributed by atoms with van der Waals surface area (Å²) in [5.41, 5.74) is 1.56. The van der Waals surface area contributed by atoms with E-state index in [-0.39, 0.29) is 5.82 Å². The first-order chi connectivity index (χ1) is 13.2.